The van der Waals surface area contributed by atoms with E-state index in [1.165, 1.54) is 19.3 Å². The lowest BCUT2D eigenvalue weighted by Gasteiger charge is -2.36. The van der Waals surface area contributed by atoms with Crippen molar-refractivity contribution in [3.8, 4) is 5.75 Å². The normalized spacial score (nSPS) is 16.7. The summed E-state index contributed by atoms with van der Waals surface area (Å²) in [5, 5.41) is 13.8. The van der Waals surface area contributed by atoms with Gasteiger partial charge in [0.1, 0.15) is 5.75 Å². The third-order valence-electron chi connectivity index (χ3n) is 5.19. The number of benzene rings is 3. The van der Waals surface area contributed by atoms with Crippen LogP contribution in [0.3, 0.4) is 0 Å². The summed E-state index contributed by atoms with van der Waals surface area (Å²) in [5.74, 6) is 0.343. The fourth-order valence-corrected chi connectivity index (χ4v) is 4.59. The number of phenols is 1. The van der Waals surface area contributed by atoms with Gasteiger partial charge >= 0.3 is 0 Å². The maximum Gasteiger partial charge on any atom is 0.121 e. The van der Waals surface area contributed by atoms with Gasteiger partial charge in [-0.2, -0.15) is 0 Å². The zero-order valence-electron chi connectivity index (χ0n) is 14.5. The molecule has 0 bridgehead atoms. The van der Waals surface area contributed by atoms with E-state index in [-0.39, 0.29) is 6.04 Å². The number of aromatic hydroxyl groups is 1. The number of rotatable bonds is 3. The molecule has 2 nitrogen and oxygen atoms in total. The summed E-state index contributed by atoms with van der Waals surface area (Å²) in [7, 11) is 0. The molecular formula is C22H21BrClNO. The summed E-state index contributed by atoms with van der Waals surface area (Å²) in [4.78, 5) is 2.48. The first kappa shape index (κ1) is 17.8. The molecule has 0 spiro atoms. The van der Waals surface area contributed by atoms with Gasteiger partial charge in [-0.1, -0.05) is 58.2 Å². The van der Waals surface area contributed by atoms with Gasteiger partial charge in [0.25, 0.3) is 0 Å². The van der Waals surface area contributed by atoms with Gasteiger partial charge in [-0.3, -0.25) is 4.90 Å². The van der Waals surface area contributed by atoms with Gasteiger partial charge in [0.2, 0.25) is 0 Å². The Kier molecular flexibility index (Phi) is 5.21. The SMILES string of the molecule is Oc1ccc2cc(Br)ccc2c1C(c1cccc(Cl)c1)N1CCCCC1. The van der Waals surface area contributed by atoms with Crippen molar-refractivity contribution in [2.24, 2.45) is 0 Å². The van der Waals surface area contributed by atoms with Crippen molar-refractivity contribution in [2.45, 2.75) is 25.3 Å². The second kappa shape index (κ2) is 7.59. The molecule has 0 radical (unpaired) electrons. The maximum absolute atomic E-state index is 10.8. The first-order valence-corrected chi connectivity index (χ1v) is 10.2. The van der Waals surface area contributed by atoms with Crippen LogP contribution in [0.5, 0.6) is 5.75 Å². The molecule has 0 saturated carbocycles. The van der Waals surface area contributed by atoms with Crippen LogP contribution < -0.4 is 0 Å². The summed E-state index contributed by atoms with van der Waals surface area (Å²) >= 11 is 9.86. The molecule has 3 aromatic carbocycles. The molecular weight excluding hydrogens is 410 g/mol. The zero-order chi connectivity index (χ0) is 18.1. The minimum Gasteiger partial charge on any atom is -0.508 e. The van der Waals surface area contributed by atoms with E-state index in [1.807, 2.05) is 36.4 Å². The molecule has 0 amide bonds. The number of hydrogen-bond donors (Lipinski definition) is 1. The predicted octanol–water partition coefficient (Wildman–Crippen LogP) is 6.54. The van der Waals surface area contributed by atoms with E-state index in [0.29, 0.717) is 5.75 Å². The van der Waals surface area contributed by atoms with Crippen LogP contribution in [0.25, 0.3) is 10.8 Å². The molecule has 1 fully saturated rings. The minimum atomic E-state index is -0.00104. The molecule has 3 aromatic rings. The zero-order valence-corrected chi connectivity index (χ0v) is 16.8. The summed E-state index contributed by atoms with van der Waals surface area (Å²) < 4.78 is 1.04. The van der Waals surface area contributed by atoms with Crippen LogP contribution >= 0.6 is 27.5 Å². The molecule has 1 aliphatic heterocycles. The third kappa shape index (κ3) is 3.48. The molecule has 4 heteroatoms. The van der Waals surface area contributed by atoms with Crippen molar-refractivity contribution in [3.63, 3.8) is 0 Å². The number of nitrogens with zero attached hydrogens (tertiary/aromatic N) is 1. The molecule has 26 heavy (non-hydrogen) atoms. The van der Waals surface area contributed by atoms with Crippen LogP contribution in [0.15, 0.2) is 59.1 Å². The minimum absolute atomic E-state index is 0.00104. The van der Waals surface area contributed by atoms with E-state index < -0.39 is 0 Å². The highest BCUT2D eigenvalue weighted by Gasteiger charge is 2.28. The monoisotopic (exact) mass is 429 g/mol. The Morgan fingerprint density at radius 3 is 2.54 bits per heavy atom. The molecule has 0 aromatic heterocycles. The predicted molar refractivity (Wildman–Crippen MR) is 112 cm³/mol. The Morgan fingerprint density at radius 1 is 0.962 bits per heavy atom. The summed E-state index contributed by atoms with van der Waals surface area (Å²) in [5.41, 5.74) is 2.10. The molecule has 134 valence electrons. The van der Waals surface area contributed by atoms with E-state index in [2.05, 4.69) is 39.0 Å². The number of likely N-dealkylation sites (tertiary alicyclic amines) is 1. The highest BCUT2D eigenvalue weighted by atomic mass is 79.9. The second-order valence-electron chi connectivity index (χ2n) is 6.92. The molecule has 4 rings (SSSR count). The van der Waals surface area contributed by atoms with Crippen molar-refractivity contribution in [3.05, 3.63) is 75.2 Å². The van der Waals surface area contributed by atoms with Crippen LogP contribution in [0.2, 0.25) is 5.02 Å². The van der Waals surface area contributed by atoms with Gasteiger partial charge in [-0.05, 0) is 72.6 Å². The lowest BCUT2D eigenvalue weighted by atomic mass is 9.90. The number of hydrogen-bond acceptors (Lipinski definition) is 2. The van der Waals surface area contributed by atoms with Gasteiger partial charge < -0.3 is 5.11 Å². The highest BCUT2D eigenvalue weighted by molar-refractivity contribution is 9.10. The fraction of sp³-hybridized carbons (Fsp3) is 0.273. The van der Waals surface area contributed by atoms with Gasteiger partial charge in [0, 0.05) is 15.1 Å². The fourth-order valence-electron chi connectivity index (χ4n) is 4.01. The number of halogens is 2. The van der Waals surface area contributed by atoms with Gasteiger partial charge in [-0.25, -0.2) is 0 Å². The largest absolute Gasteiger partial charge is 0.508 e. The average molecular weight is 431 g/mol. The molecule has 0 aliphatic carbocycles. The third-order valence-corrected chi connectivity index (χ3v) is 5.92. The lowest BCUT2D eigenvalue weighted by Crippen LogP contribution is -2.34. The quantitative estimate of drug-likeness (QED) is 0.510. The van der Waals surface area contributed by atoms with E-state index in [4.69, 9.17) is 11.6 Å². The molecule has 1 N–H and O–H groups in total. The Bertz CT molecular complexity index is 937. The van der Waals surface area contributed by atoms with Crippen LogP contribution in [0.1, 0.15) is 36.4 Å². The Labute approximate surface area is 167 Å². The summed E-state index contributed by atoms with van der Waals surface area (Å²) in [6, 6.07) is 18.1. The van der Waals surface area contributed by atoms with Crippen LogP contribution in [0.4, 0.5) is 0 Å². The topological polar surface area (TPSA) is 23.5 Å². The van der Waals surface area contributed by atoms with Crippen molar-refractivity contribution in [1.82, 2.24) is 4.90 Å². The maximum atomic E-state index is 10.8. The number of piperidine rings is 1. The van der Waals surface area contributed by atoms with Crippen LogP contribution in [-0.2, 0) is 0 Å². The van der Waals surface area contributed by atoms with Gasteiger partial charge in [0.05, 0.1) is 6.04 Å². The highest BCUT2D eigenvalue weighted by Crippen LogP contribution is 2.41. The lowest BCUT2D eigenvalue weighted by molar-refractivity contribution is 0.186. The van der Waals surface area contributed by atoms with Gasteiger partial charge in [-0.15, -0.1) is 0 Å². The van der Waals surface area contributed by atoms with Crippen LogP contribution in [0, 0.1) is 0 Å². The van der Waals surface area contributed by atoms with E-state index in [1.54, 1.807) is 0 Å². The van der Waals surface area contributed by atoms with Gasteiger partial charge in [0.15, 0.2) is 0 Å². The van der Waals surface area contributed by atoms with Crippen molar-refractivity contribution in [1.29, 1.82) is 0 Å². The summed E-state index contributed by atoms with van der Waals surface area (Å²) in [6.07, 6.45) is 3.65. The van der Waals surface area contributed by atoms with Crippen LogP contribution in [-0.4, -0.2) is 23.1 Å². The molecule has 1 aliphatic rings. The summed E-state index contributed by atoms with van der Waals surface area (Å²) in [6.45, 7) is 2.06. The second-order valence-corrected chi connectivity index (χ2v) is 8.27. The van der Waals surface area contributed by atoms with E-state index >= 15 is 0 Å². The first-order chi connectivity index (χ1) is 12.6. The van der Waals surface area contributed by atoms with E-state index in [9.17, 15) is 5.11 Å². The smallest absolute Gasteiger partial charge is 0.121 e. The number of phenolic OH excluding ortho intramolecular Hbond substituents is 1. The van der Waals surface area contributed by atoms with Crippen molar-refractivity contribution >= 4 is 38.3 Å². The number of fused-ring (bicyclic) bond motifs is 1. The molecule has 1 atom stereocenters. The van der Waals surface area contributed by atoms with E-state index in [0.717, 1.165) is 44.5 Å². The average Bonchev–Trinajstić information content (AvgIpc) is 2.65. The Hall–Kier alpha value is -1.55. The molecule has 1 heterocycles. The Balaban J connectivity index is 1.94. The molecule has 1 saturated heterocycles. The first-order valence-electron chi connectivity index (χ1n) is 9.04. The van der Waals surface area contributed by atoms with Crippen molar-refractivity contribution in [2.75, 3.05) is 13.1 Å². The van der Waals surface area contributed by atoms with Crippen molar-refractivity contribution < 1.29 is 5.11 Å². The standard InChI is InChI=1S/C22H21BrClNO/c23-17-8-9-19-15(13-17)7-10-20(26)21(19)22(25-11-2-1-3-12-25)16-5-4-6-18(24)14-16/h4-10,13-14,22,26H,1-3,11-12H2. The Morgan fingerprint density at radius 2 is 1.77 bits per heavy atom. The molecule has 1 unspecified atom stereocenters.